The van der Waals surface area contributed by atoms with Gasteiger partial charge in [-0.05, 0) is 12.8 Å². The highest BCUT2D eigenvalue weighted by molar-refractivity contribution is 5.81. The van der Waals surface area contributed by atoms with Gasteiger partial charge in [-0.2, -0.15) is 13.2 Å². The minimum absolute atomic E-state index is 0.0405. The van der Waals surface area contributed by atoms with Crippen molar-refractivity contribution in [3.63, 3.8) is 0 Å². The molecule has 8 heteroatoms. The minimum Gasteiger partial charge on any atom is -0.464 e. The van der Waals surface area contributed by atoms with Gasteiger partial charge in [0, 0.05) is 32.7 Å². The van der Waals surface area contributed by atoms with Crippen LogP contribution in [0.3, 0.4) is 0 Å². The molecule has 0 saturated carbocycles. The zero-order chi connectivity index (χ0) is 16.8. The number of hydrogen-bond donors (Lipinski definition) is 0. The summed E-state index contributed by atoms with van der Waals surface area (Å²) in [6.45, 7) is 5.33. The number of carbonyl (C=O) groups is 2. The van der Waals surface area contributed by atoms with Crippen molar-refractivity contribution < 1.29 is 27.5 Å². The van der Waals surface area contributed by atoms with Gasteiger partial charge in [-0.15, -0.1) is 0 Å². The van der Waals surface area contributed by atoms with Gasteiger partial charge in [-0.1, -0.05) is 13.8 Å². The Kier molecular flexibility index (Phi) is 7.12. The van der Waals surface area contributed by atoms with E-state index in [0.29, 0.717) is 19.6 Å². The van der Waals surface area contributed by atoms with E-state index in [0.717, 1.165) is 17.7 Å². The molecule has 0 unspecified atom stereocenters. The summed E-state index contributed by atoms with van der Waals surface area (Å²) >= 11 is 0. The number of carbonyl (C=O) groups excluding carboxylic acids is 2. The summed E-state index contributed by atoms with van der Waals surface area (Å²) < 4.78 is 42.1. The molecule has 1 amide bonds. The Morgan fingerprint density at radius 1 is 1.09 bits per heavy atom. The molecule has 128 valence electrons. The molecule has 0 aromatic heterocycles. The van der Waals surface area contributed by atoms with Crippen molar-refractivity contribution in [2.24, 2.45) is 5.92 Å². The normalized spacial score (nSPS) is 16.9. The van der Waals surface area contributed by atoms with E-state index in [2.05, 4.69) is 0 Å². The molecule has 1 heterocycles. The van der Waals surface area contributed by atoms with Gasteiger partial charge in [-0.3, -0.25) is 14.5 Å². The summed E-state index contributed by atoms with van der Waals surface area (Å²) in [5.41, 5.74) is 0. The molecule has 0 spiro atoms. The number of alkyl halides is 3. The molecule has 1 aliphatic rings. The number of amides is 1. The monoisotopic (exact) mass is 324 g/mol. The van der Waals surface area contributed by atoms with E-state index in [9.17, 15) is 22.8 Å². The van der Waals surface area contributed by atoms with Crippen molar-refractivity contribution in [1.29, 1.82) is 0 Å². The predicted octanol–water partition coefficient (Wildman–Crippen LogP) is 1.67. The van der Waals surface area contributed by atoms with Crippen molar-refractivity contribution in [3.8, 4) is 0 Å². The highest BCUT2D eigenvalue weighted by atomic mass is 19.4. The summed E-state index contributed by atoms with van der Waals surface area (Å²) in [5.74, 6) is -2.11. The number of nitrogens with zero attached hydrogens (tertiary/aromatic N) is 2. The minimum atomic E-state index is -4.81. The smallest absolute Gasteiger partial charge is 0.464 e. The molecule has 0 atom stereocenters. The molecule has 0 bridgehead atoms. The van der Waals surface area contributed by atoms with Crippen molar-refractivity contribution in [2.45, 2.75) is 32.9 Å². The highest BCUT2D eigenvalue weighted by Gasteiger charge is 2.43. The SMILES string of the molecule is CCC(CC)C(=O)OCCN1CCN(C(=O)C(F)(F)F)CC1. The second kappa shape index (κ2) is 8.36. The van der Waals surface area contributed by atoms with Crippen molar-refractivity contribution >= 4 is 11.9 Å². The molecule has 5 nitrogen and oxygen atoms in total. The van der Waals surface area contributed by atoms with E-state index in [4.69, 9.17) is 4.74 Å². The Hall–Kier alpha value is -1.31. The maximum Gasteiger partial charge on any atom is 0.471 e. The van der Waals surface area contributed by atoms with Crippen molar-refractivity contribution in [3.05, 3.63) is 0 Å². The molecule has 0 aliphatic carbocycles. The first kappa shape index (κ1) is 18.7. The van der Waals surface area contributed by atoms with Crippen LogP contribution in [-0.2, 0) is 14.3 Å². The lowest BCUT2D eigenvalue weighted by atomic mass is 10.0. The van der Waals surface area contributed by atoms with Gasteiger partial charge in [0.05, 0.1) is 5.92 Å². The van der Waals surface area contributed by atoms with Crippen LogP contribution in [0.15, 0.2) is 0 Å². The van der Waals surface area contributed by atoms with E-state index in [1.54, 1.807) is 0 Å². The van der Waals surface area contributed by atoms with Crippen LogP contribution in [0.25, 0.3) is 0 Å². The van der Waals surface area contributed by atoms with Gasteiger partial charge in [0.25, 0.3) is 0 Å². The maximum atomic E-state index is 12.3. The van der Waals surface area contributed by atoms with E-state index >= 15 is 0 Å². The van der Waals surface area contributed by atoms with E-state index in [1.807, 2.05) is 18.7 Å². The molecule has 22 heavy (non-hydrogen) atoms. The lowest BCUT2D eigenvalue weighted by molar-refractivity contribution is -0.187. The van der Waals surface area contributed by atoms with Gasteiger partial charge in [0.2, 0.25) is 0 Å². The molecular weight excluding hydrogens is 301 g/mol. The number of esters is 1. The van der Waals surface area contributed by atoms with Gasteiger partial charge in [0.1, 0.15) is 6.61 Å². The van der Waals surface area contributed by atoms with Gasteiger partial charge in [0.15, 0.2) is 0 Å². The fourth-order valence-corrected chi connectivity index (χ4v) is 2.37. The van der Waals surface area contributed by atoms with Gasteiger partial charge >= 0.3 is 18.1 Å². The second-order valence-corrected chi connectivity index (χ2v) is 5.31. The highest BCUT2D eigenvalue weighted by Crippen LogP contribution is 2.19. The Morgan fingerprint density at radius 2 is 1.64 bits per heavy atom. The number of ether oxygens (including phenoxy) is 1. The van der Waals surface area contributed by atoms with Crippen molar-refractivity contribution in [2.75, 3.05) is 39.3 Å². The first-order chi connectivity index (χ1) is 10.3. The second-order valence-electron chi connectivity index (χ2n) is 5.31. The number of rotatable bonds is 6. The molecule has 1 rings (SSSR count). The molecular formula is C14H23F3N2O3. The predicted molar refractivity (Wildman–Crippen MR) is 74.1 cm³/mol. The Morgan fingerprint density at radius 3 is 2.09 bits per heavy atom. The van der Waals surface area contributed by atoms with Crippen LogP contribution >= 0.6 is 0 Å². The van der Waals surface area contributed by atoms with E-state index in [-0.39, 0.29) is 31.6 Å². The molecule has 1 fully saturated rings. The van der Waals surface area contributed by atoms with Crippen LogP contribution in [-0.4, -0.2) is 67.2 Å². The third kappa shape index (κ3) is 5.47. The number of halogens is 3. The van der Waals surface area contributed by atoms with Crippen LogP contribution in [0.1, 0.15) is 26.7 Å². The van der Waals surface area contributed by atoms with Gasteiger partial charge in [-0.25, -0.2) is 0 Å². The lowest BCUT2D eigenvalue weighted by Crippen LogP contribution is -2.52. The van der Waals surface area contributed by atoms with Gasteiger partial charge < -0.3 is 9.64 Å². The first-order valence-electron chi connectivity index (χ1n) is 7.54. The van der Waals surface area contributed by atoms with E-state index in [1.165, 1.54) is 0 Å². The summed E-state index contributed by atoms with van der Waals surface area (Å²) in [5, 5.41) is 0. The topological polar surface area (TPSA) is 49.9 Å². The number of piperazine rings is 1. The molecule has 0 aromatic rings. The van der Waals surface area contributed by atoms with E-state index < -0.39 is 12.1 Å². The Bertz CT molecular complexity index is 376. The quantitative estimate of drug-likeness (QED) is 0.698. The van der Waals surface area contributed by atoms with Crippen LogP contribution in [0.4, 0.5) is 13.2 Å². The zero-order valence-electron chi connectivity index (χ0n) is 13.0. The summed E-state index contributed by atoms with van der Waals surface area (Å²) in [6, 6.07) is 0. The summed E-state index contributed by atoms with van der Waals surface area (Å²) in [4.78, 5) is 25.5. The third-order valence-electron chi connectivity index (χ3n) is 3.87. The fourth-order valence-electron chi connectivity index (χ4n) is 2.37. The Balaban J connectivity index is 2.26. The fraction of sp³-hybridized carbons (Fsp3) is 0.857. The third-order valence-corrected chi connectivity index (χ3v) is 3.87. The van der Waals surface area contributed by atoms with Crippen LogP contribution in [0, 0.1) is 5.92 Å². The summed E-state index contributed by atoms with van der Waals surface area (Å²) in [6.07, 6.45) is -3.35. The molecule has 1 aliphatic heterocycles. The van der Waals surface area contributed by atoms with Crippen LogP contribution < -0.4 is 0 Å². The number of hydrogen-bond acceptors (Lipinski definition) is 4. The first-order valence-corrected chi connectivity index (χ1v) is 7.54. The zero-order valence-corrected chi connectivity index (χ0v) is 13.0. The standard InChI is InChI=1S/C14H23F3N2O3/c1-3-11(4-2)12(20)22-10-9-18-5-7-19(8-6-18)13(21)14(15,16)17/h11H,3-10H2,1-2H3. The molecule has 0 radical (unpaired) electrons. The summed E-state index contributed by atoms with van der Waals surface area (Å²) in [7, 11) is 0. The molecule has 0 N–H and O–H groups in total. The maximum absolute atomic E-state index is 12.3. The van der Waals surface area contributed by atoms with Crippen LogP contribution in [0.2, 0.25) is 0 Å². The average molecular weight is 324 g/mol. The van der Waals surface area contributed by atoms with Crippen molar-refractivity contribution in [1.82, 2.24) is 9.80 Å². The van der Waals surface area contributed by atoms with Crippen LogP contribution in [0.5, 0.6) is 0 Å². The average Bonchev–Trinajstić information content (AvgIpc) is 2.47. The lowest BCUT2D eigenvalue weighted by Gasteiger charge is -2.34. The largest absolute Gasteiger partial charge is 0.471 e. The molecule has 1 saturated heterocycles. The molecule has 0 aromatic carbocycles. The Labute approximate surface area is 128 Å².